The van der Waals surface area contributed by atoms with Gasteiger partial charge >= 0.3 is 11.9 Å². The Bertz CT molecular complexity index is 854. The minimum atomic E-state index is -0.628. The molecular weight excluding hydrogens is 330 g/mol. The first-order chi connectivity index (χ1) is 11.7. The highest BCUT2D eigenvalue weighted by molar-refractivity contribution is 7.13. The topological polar surface area (TPSA) is 78.6 Å². The zero-order valence-corrected chi connectivity index (χ0v) is 13.5. The van der Waals surface area contributed by atoms with Gasteiger partial charge in [0.2, 0.25) is 0 Å². The van der Waals surface area contributed by atoms with Crippen molar-refractivity contribution in [2.24, 2.45) is 0 Å². The SMILES string of the molecule is COC(=O)c1ccccc1C(=O)OCc1cc(-c2cccs2)on1. The number of methoxy groups -OCH3 is 1. The summed E-state index contributed by atoms with van der Waals surface area (Å²) < 4.78 is 15.1. The summed E-state index contributed by atoms with van der Waals surface area (Å²) in [4.78, 5) is 24.8. The molecule has 1 aromatic carbocycles. The summed E-state index contributed by atoms with van der Waals surface area (Å²) in [6.45, 7) is -0.0524. The number of hydrogen-bond acceptors (Lipinski definition) is 7. The zero-order valence-electron chi connectivity index (χ0n) is 12.7. The second-order valence-corrected chi connectivity index (χ2v) is 5.72. The van der Waals surface area contributed by atoms with E-state index in [9.17, 15) is 9.59 Å². The Morgan fingerprint density at radius 1 is 1.12 bits per heavy atom. The van der Waals surface area contributed by atoms with E-state index in [4.69, 9.17) is 9.26 Å². The van der Waals surface area contributed by atoms with Crippen molar-refractivity contribution in [3.05, 3.63) is 64.7 Å². The Hall–Kier alpha value is -2.93. The number of hydrogen-bond donors (Lipinski definition) is 0. The van der Waals surface area contributed by atoms with Crippen molar-refractivity contribution < 1.29 is 23.6 Å². The van der Waals surface area contributed by atoms with Crippen LogP contribution in [-0.4, -0.2) is 24.2 Å². The fraction of sp³-hybridized carbons (Fsp3) is 0.118. The van der Waals surface area contributed by atoms with Gasteiger partial charge < -0.3 is 14.0 Å². The van der Waals surface area contributed by atoms with Gasteiger partial charge in [-0.15, -0.1) is 11.3 Å². The minimum absolute atomic E-state index is 0.0524. The van der Waals surface area contributed by atoms with Crippen molar-refractivity contribution >= 4 is 23.3 Å². The summed E-state index contributed by atoms with van der Waals surface area (Å²) >= 11 is 1.53. The number of benzene rings is 1. The van der Waals surface area contributed by atoms with Crippen molar-refractivity contribution in [1.29, 1.82) is 0 Å². The first-order valence-corrected chi connectivity index (χ1v) is 7.91. The predicted molar refractivity (Wildman–Crippen MR) is 86.7 cm³/mol. The molecule has 6 nitrogen and oxygen atoms in total. The average molecular weight is 343 g/mol. The van der Waals surface area contributed by atoms with Gasteiger partial charge in [-0.2, -0.15) is 0 Å². The lowest BCUT2D eigenvalue weighted by Gasteiger charge is -2.07. The van der Waals surface area contributed by atoms with Crippen LogP contribution in [0.3, 0.4) is 0 Å². The smallest absolute Gasteiger partial charge is 0.339 e. The van der Waals surface area contributed by atoms with Crippen molar-refractivity contribution in [3.8, 4) is 10.6 Å². The quantitative estimate of drug-likeness (QED) is 0.659. The molecule has 24 heavy (non-hydrogen) atoms. The van der Waals surface area contributed by atoms with Gasteiger partial charge in [0.15, 0.2) is 5.76 Å². The Morgan fingerprint density at radius 2 is 1.88 bits per heavy atom. The van der Waals surface area contributed by atoms with Crippen LogP contribution < -0.4 is 0 Å². The van der Waals surface area contributed by atoms with Crippen LogP contribution in [0, 0.1) is 0 Å². The summed E-state index contributed by atoms with van der Waals surface area (Å²) in [6, 6.07) is 11.8. The van der Waals surface area contributed by atoms with E-state index in [0.717, 1.165) is 4.88 Å². The van der Waals surface area contributed by atoms with Crippen molar-refractivity contribution in [2.45, 2.75) is 6.61 Å². The number of carbonyl (C=O) groups is 2. The Morgan fingerprint density at radius 3 is 2.54 bits per heavy atom. The second kappa shape index (κ2) is 7.10. The van der Waals surface area contributed by atoms with E-state index in [-0.39, 0.29) is 17.7 Å². The van der Waals surface area contributed by atoms with Gasteiger partial charge in [-0.05, 0) is 23.6 Å². The second-order valence-electron chi connectivity index (χ2n) is 4.77. The Labute approximate surface area is 141 Å². The molecule has 2 aromatic heterocycles. The molecule has 0 fully saturated rings. The molecule has 0 saturated carbocycles. The number of nitrogens with zero attached hydrogens (tertiary/aromatic N) is 1. The normalized spacial score (nSPS) is 10.4. The fourth-order valence-electron chi connectivity index (χ4n) is 2.08. The first kappa shape index (κ1) is 15.9. The molecule has 0 spiro atoms. The third-order valence-corrected chi connectivity index (χ3v) is 4.11. The lowest BCUT2D eigenvalue weighted by molar-refractivity contribution is 0.0450. The van der Waals surface area contributed by atoms with Gasteiger partial charge in [0.1, 0.15) is 12.3 Å². The lowest BCUT2D eigenvalue weighted by atomic mass is 10.1. The minimum Gasteiger partial charge on any atom is -0.465 e. The molecule has 2 heterocycles. The predicted octanol–water partition coefficient (Wildman–Crippen LogP) is 3.55. The van der Waals surface area contributed by atoms with Crippen LogP contribution in [0.5, 0.6) is 0 Å². The molecule has 0 atom stereocenters. The van der Waals surface area contributed by atoms with Gasteiger partial charge in [-0.3, -0.25) is 0 Å². The van der Waals surface area contributed by atoms with E-state index in [0.29, 0.717) is 11.5 Å². The van der Waals surface area contributed by atoms with E-state index in [1.54, 1.807) is 18.2 Å². The maximum absolute atomic E-state index is 12.2. The van der Waals surface area contributed by atoms with E-state index < -0.39 is 11.9 Å². The van der Waals surface area contributed by atoms with E-state index >= 15 is 0 Å². The van der Waals surface area contributed by atoms with Crippen LogP contribution in [0.4, 0.5) is 0 Å². The molecule has 0 saturated heterocycles. The summed E-state index contributed by atoms with van der Waals surface area (Å²) in [5, 5.41) is 5.81. The van der Waals surface area contributed by atoms with Crippen LogP contribution in [0.15, 0.2) is 52.4 Å². The molecular formula is C17H13NO5S. The molecule has 0 aliphatic rings. The molecule has 0 N–H and O–H groups in total. The van der Waals surface area contributed by atoms with Crippen LogP contribution in [0.2, 0.25) is 0 Å². The number of esters is 2. The number of thiophene rings is 1. The average Bonchev–Trinajstić information content (AvgIpc) is 3.30. The lowest BCUT2D eigenvalue weighted by Crippen LogP contribution is -2.12. The molecule has 7 heteroatoms. The largest absolute Gasteiger partial charge is 0.465 e. The highest BCUT2D eigenvalue weighted by atomic mass is 32.1. The van der Waals surface area contributed by atoms with Crippen LogP contribution in [-0.2, 0) is 16.1 Å². The molecule has 122 valence electrons. The van der Waals surface area contributed by atoms with E-state index in [2.05, 4.69) is 9.89 Å². The van der Waals surface area contributed by atoms with Gasteiger partial charge in [0.25, 0.3) is 0 Å². The summed E-state index contributed by atoms with van der Waals surface area (Å²) in [5.74, 6) is -0.605. The van der Waals surface area contributed by atoms with Gasteiger partial charge in [-0.1, -0.05) is 23.4 Å². The molecule has 3 rings (SSSR count). The maximum Gasteiger partial charge on any atom is 0.339 e. The van der Waals surface area contributed by atoms with Crippen LogP contribution >= 0.6 is 11.3 Å². The third-order valence-electron chi connectivity index (χ3n) is 3.23. The monoisotopic (exact) mass is 343 g/mol. The zero-order chi connectivity index (χ0) is 16.9. The summed E-state index contributed by atoms with van der Waals surface area (Å²) in [6.07, 6.45) is 0. The first-order valence-electron chi connectivity index (χ1n) is 7.03. The number of ether oxygens (including phenoxy) is 2. The number of rotatable bonds is 5. The molecule has 0 radical (unpaired) electrons. The Kier molecular flexibility index (Phi) is 4.72. The summed E-state index contributed by atoms with van der Waals surface area (Å²) in [5.41, 5.74) is 0.790. The summed E-state index contributed by atoms with van der Waals surface area (Å²) in [7, 11) is 1.26. The van der Waals surface area contributed by atoms with Crippen LogP contribution in [0.25, 0.3) is 10.6 Å². The highest BCUT2D eigenvalue weighted by Gasteiger charge is 2.19. The molecule has 0 aliphatic carbocycles. The van der Waals surface area contributed by atoms with E-state index in [1.165, 1.54) is 30.6 Å². The standard InChI is InChI=1S/C17H13NO5S/c1-21-16(19)12-5-2-3-6-13(12)17(20)22-10-11-9-14(23-18-11)15-7-4-8-24-15/h2-9H,10H2,1H3. The number of carbonyl (C=O) groups excluding carboxylic acids is 2. The van der Waals surface area contributed by atoms with Gasteiger partial charge in [0.05, 0.1) is 23.1 Å². The molecule has 0 bridgehead atoms. The molecule has 3 aromatic rings. The van der Waals surface area contributed by atoms with Crippen molar-refractivity contribution in [1.82, 2.24) is 5.16 Å². The highest BCUT2D eigenvalue weighted by Crippen LogP contribution is 2.25. The van der Waals surface area contributed by atoms with Crippen molar-refractivity contribution in [2.75, 3.05) is 7.11 Å². The number of aromatic nitrogens is 1. The van der Waals surface area contributed by atoms with Crippen LogP contribution in [0.1, 0.15) is 26.4 Å². The molecule has 0 amide bonds. The van der Waals surface area contributed by atoms with Crippen molar-refractivity contribution in [3.63, 3.8) is 0 Å². The van der Waals surface area contributed by atoms with E-state index in [1.807, 2.05) is 17.5 Å². The fourth-order valence-corrected chi connectivity index (χ4v) is 2.75. The third kappa shape index (κ3) is 3.36. The molecule has 0 unspecified atom stereocenters. The maximum atomic E-state index is 12.2. The Balaban J connectivity index is 1.69. The molecule has 0 aliphatic heterocycles. The van der Waals surface area contributed by atoms with Gasteiger partial charge in [0, 0.05) is 6.07 Å². The van der Waals surface area contributed by atoms with Gasteiger partial charge in [-0.25, -0.2) is 9.59 Å².